The Morgan fingerprint density at radius 1 is 0.872 bits per heavy atom. The number of tetrazole rings is 1. The number of anilines is 2. The molecule has 0 spiro atoms. The number of aryl methyl sites for hydroxylation is 1. The van der Waals surface area contributed by atoms with Crippen molar-refractivity contribution < 1.29 is 19.0 Å². The van der Waals surface area contributed by atoms with Crippen molar-refractivity contribution in [1.82, 2.24) is 25.2 Å². The van der Waals surface area contributed by atoms with Crippen LogP contribution in [-0.4, -0.2) is 52.4 Å². The molecule has 0 saturated carbocycles. The first-order valence-electron chi connectivity index (χ1n) is 13.9. The minimum Gasteiger partial charge on any atom is -0.496 e. The van der Waals surface area contributed by atoms with Crippen LogP contribution in [0.1, 0.15) is 77.0 Å². The summed E-state index contributed by atoms with van der Waals surface area (Å²) in [5, 5.41) is 12.7. The van der Waals surface area contributed by atoms with Crippen LogP contribution in [0, 0.1) is 0 Å². The van der Waals surface area contributed by atoms with E-state index in [1.54, 1.807) is 42.4 Å². The number of benzene rings is 1. The van der Waals surface area contributed by atoms with Gasteiger partial charge in [0.2, 0.25) is 5.91 Å². The third kappa shape index (κ3) is 8.94. The number of carbonyl (C=O) groups is 1. The average molecular weight is 539 g/mol. The number of methoxy groups -OCH3 is 3. The van der Waals surface area contributed by atoms with Crippen molar-refractivity contribution in [3.8, 4) is 17.2 Å². The van der Waals surface area contributed by atoms with Gasteiger partial charge in [0, 0.05) is 18.3 Å². The average Bonchev–Trinajstić information content (AvgIpc) is 3.41. The van der Waals surface area contributed by atoms with Crippen molar-refractivity contribution in [3.05, 3.63) is 42.4 Å². The van der Waals surface area contributed by atoms with Crippen molar-refractivity contribution in [3.63, 3.8) is 0 Å². The summed E-state index contributed by atoms with van der Waals surface area (Å²) in [7, 11) is 4.61. The van der Waals surface area contributed by atoms with Crippen molar-refractivity contribution in [2.75, 3.05) is 26.2 Å². The Kier molecular flexibility index (Phi) is 12.5. The van der Waals surface area contributed by atoms with Crippen molar-refractivity contribution >= 4 is 17.4 Å². The van der Waals surface area contributed by atoms with Gasteiger partial charge in [0.05, 0.1) is 34.3 Å². The van der Waals surface area contributed by atoms with Crippen LogP contribution >= 0.6 is 0 Å². The molecule has 1 amide bonds. The van der Waals surface area contributed by atoms with Crippen LogP contribution in [-0.2, 0) is 17.8 Å². The van der Waals surface area contributed by atoms with E-state index < -0.39 is 0 Å². The van der Waals surface area contributed by atoms with E-state index in [4.69, 9.17) is 14.2 Å². The summed E-state index contributed by atoms with van der Waals surface area (Å²) in [6.45, 7) is 2.93. The molecule has 0 unspecified atom stereocenters. The van der Waals surface area contributed by atoms with E-state index in [0.717, 1.165) is 12.8 Å². The first-order chi connectivity index (χ1) is 19.1. The number of carbonyl (C=O) groups excluding carboxylic acids is 1. The number of rotatable bonds is 18. The largest absolute Gasteiger partial charge is 0.496 e. The Morgan fingerprint density at radius 2 is 1.51 bits per heavy atom. The zero-order valence-electron chi connectivity index (χ0n) is 23.8. The Morgan fingerprint density at radius 3 is 2.08 bits per heavy atom. The second-order valence-electron chi connectivity index (χ2n) is 9.46. The van der Waals surface area contributed by atoms with Gasteiger partial charge in [-0.25, -0.2) is 4.98 Å². The Hall–Kier alpha value is -3.69. The maximum atomic E-state index is 13.7. The zero-order chi connectivity index (χ0) is 27.9. The van der Waals surface area contributed by atoms with Crippen LogP contribution in [0.2, 0.25) is 0 Å². The lowest BCUT2D eigenvalue weighted by molar-refractivity contribution is -0.117. The van der Waals surface area contributed by atoms with Gasteiger partial charge in [-0.2, -0.15) is 4.80 Å². The Balaban J connectivity index is 1.63. The number of nitrogens with zero attached hydrogens (tertiary/aromatic N) is 6. The summed E-state index contributed by atoms with van der Waals surface area (Å²) in [6.07, 6.45) is 14.2. The molecule has 0 saturated heterocycles. The highest BCUT2D eigenvalue weighted by Gasteiger charge is 2.28. The third-order valence-electron chi connectivity index (χ3n) is 6.56. The standard InChI is InChI=1S/C29H42N6O4/c1-5-6-7-8-9-10-11-12-13-16-19-34-32-26(31-33-34)22-28(36)35(27-17-14-15-18-30-27)29-24(38-3)20-23(37-2)21-25(29)39-4/h14-15,17-18,20-21H,5-13,16,19,22H2,1-4H3. The number of ether oxygens (including phenoxy) is 3. The molecule has 0 N–H and O–H groups in total. The Bertz CT molecular complexity index is 1110. The van der Waals surface area contributed by atoms with Gasteiger partial charge in [0.15, 0.2) is 17.3 Å². The van der Waals surface area contributed by atoms with Gasteiger partial charge in [-0.3, -0.25) is 9.69 Å². The molecule has 10 heteroatoms. The van der Waals surface area contributed by atoms with Crippen molar-refractivity contribution in [2.24, 2.45) is 0 Å². The molecule has 0 aliphatic carbocycles. The van der Waals surface area contributed by atoms with Crippen LogP contribution in [0.4, 0.5) is 11.5 Å². The highest BCUT2D eigenvalue weighted by molar-refractivity contribution is 6.03. The van der Waals surface area contributed by atoms with Gasteiger partial charge in [0.1, 0.15) is 17.3 Å². The number of unbranched alkanes of at least 4 members (excludes halogenated alkanes) is 9. The molecule has 0 atom stereocenters. The fraction of sp³-hybridized carbons (Fsp3) is 0.552. The summed E-state index contributed by atoms with van der Waals surface area (Å²) in [4.78, 5) is 21.1. The molecule has 2 heterocycles. The highest BCUT2D eigenvalue weighted by atomic mass is 16.5. The van der Waals surface area contributed by atoms with Crippen LogP contribution in [0.15, 0.2) is 36.5 Å². The van der Waals surface area contributed by atoms with E-state index in [-0.39, 0.29) is 12.3 Å². The molecule has 10 nitrogen and oxygen atoms in total. The lowest BCUT2D eigenvalue weighted by atomic mass is 10.1. The summed E-state index contributed by atoms with van der Waals surface area (Å²) < 4.78 is 16.6. The third-order valence-corrected chi connectivity index (χ3v) is 6.56. The number of hydrogen-bond acceptors (Lipinski definition) is 8. The minimum atomic E-state index is -0.297. The maximum absolute atomic E-state index is 13.7. The number of hydrogen-bond donors (Lipinski definition) is 0. The molecule has 0 bridgehead atoms. The minimum absolute atomic E-state index is 0.0626. The van der Waals surface area contributed by atoms with Crippen molar-refractivity contribution in [1.29, 1.82) is 0 Å². The number of amides is 1. The molecular weight excluding hydrogens is 496 g/mol. The van der Waals surface area contributed by atoms with Gasteiger partial charge in [-0.05, 0) is 23.8 Å². The smallest absolute Gasteiger partial charge is 0.240 e. The van der Waals surface area contributed by atoms with Crippen LogP contribution in [0.3, 0.4) is 0 Å². The van der Waals surface area contributed by atoms with E-state index in [9.17, 15) is 4.79 Å². The molecule has 3 aromatic rings. The second kappa shape index (κ2) is 16.3. The summed E-state index contributed by atoms with van der Waals surface area (Å²) in [5.41, 5.74) is 0.419. The van der Waals surface area contributed by atoms with Gasteiger partial charge in [0.25, 0.3) is 0 Å². The number of pyridine rings is 1. The summed E-state index contributed by atoms with van der Waals surface area (Å²) >= 11 is 0. The molecule has 0 fully saturated rings. The quantitative estimate of drug-likeness (QED) is 0.184. The monoisotopic (exact) mass is 538 g/mol. The lowest BCUT2D eigenvalue weighted by Gasteiger charge is -2.25. The predicted molar refractivity (Wildman–Crippen MR) is 151 cm³/mol. The molecule has 2 aromatic heterocycles. The van der Waals surface area contributed by atoms with E-state index >= 15 is 0 Å². The van der Waals surface area contributed by atoms with Gasteiger partial charge >= 0.3 is 0 Å². The van der Waals surface area contributed by atoms with E-state index in [0.29, 0.717) is 41.1 Å². The molecular formula is C29H42N6O4. The van der Waals surface area contributed by atoms with Gasteiger partial charge in [-0.15, -0.1) is 10.2 Å². The Labute approximate surface area is 231 Å². The molecule has 212 valence electrons. The maximum Gasteiger partial charge on any atom is 0.240 e. The van der Waals surface area contributed by atoms with Crippen LogP contribution in [0.5, 0.6) is 17.2 Å². The van der Waals surface area contributed by atoms with Crippen molar-refractivity contribution in [2.45, 2.75) is 84.1 Å². The molecule has 0 radical (unpaired) electrons. The summed E-state index contributed by atoms with van der Waals surface area (Å²) in [5.74, 6) is 1.82. The first-order valence-corrected chi connectivity index (χ1v) is 13.9. The fourth-order valence-corrected chi connectivity index (χ4v) is 4.46. The second-order valence-corrected chi connectivity index (χ2v) is 9.46. The molecule has 0 aliphatic heterocycles. The van der Waals surface area contributed by atoms with Gasteiger partial charge in [-0.1, -0.05) is 70.8 Å². The number of aromatic nitrogens is 5. The summed E-state index contributed by atoms with van der Waals surface area (Å²) in [6, 6.07) is 8.74. The fourth-order valence-electron chi connectivity index (χ4n) is 4.46. The normalized spacial score (nSPS) is 10.9. The molecule has 0 aliphatic rings. The molecule has 39 heavy (non-hydrogen) atoms. The lowest BCUT2D eigenvalue weighted by Crippen LogP contribution is -2.29. The molecule has 1 aromatic carbocycles. The van der Waals surface area contributed by atoms with E-state index in [1.807, 2.05) is 6.07 Å². The topological polar surface area (TPSA) is 104 Å². The molecule has 3 rings (SSSR count). The van der Waals surface area contributed by atoms with E-state index in [1.165, 1.54) is 70.5 Å². The first kappa shape index (κ1) is 29.9. The van der Waals surface area contributed by atoms with Gasteiger partial charge < -0.3 is 14.2 Å². The van der Waals surface area contributed by atoms with Crippen LogP contribution in [0.25, 0.3) is 0 Å². The highest BCUT2D eigenvalue weighted by Crippen LogP contribution is 2.44. The zero-order valence-corrected chi connectivity index (χ0v) is 23.8. The predicted octanol–water partition coefficient (Wildman–Crippen LogP) is 5.92. The van der Waals surface area contributed by atoms with Crippen LogP contribution < -0.4 is 19.1 Å². The SMILES string of the molecule is CCCCCCCCCCCCn1nnc(CC(=O)N(c2ccccn2)c2c(OC)cc(OC)cc2OC)n1. The van der Waals surface area contributed by atoms with E-state index in [2.05, 4.69) is 27.3 Å².